The predicted octanol–water partition coefficient (Wildman–Crippen LogP) is 0.479. The molecule has 2 amide bonds. The Hall–Kier alpha value is -2.37. The van der Waals surface area contributed by atoms with E-state index in [4.69, 9.17) is 5.11 Å². The molecule has 2 N–H and O–H groups in total. The summed E-state index contributed by atoms with van der Waals surface area (Å²) in [5, 5.41) is 11.4. The number of carboxylic acids is 1. The van der Waals surface area contributed by atoms with Gasteiger partial charge in [-0.25, -0.2) is 4.79 Å². The van der Waals surface area contributed by atoms with Gasteiger partial charge in [0.1, 0.15) is 0 Å². The maximum atomic E-state index is 11.5. The second-order valence-electron chi connectivity index (χ2n) is 4.15. The highest BCUT2D eigenvalue weighted by Gasteiger charge is 2.08. The number of aromatic carboxylic acids is 1. The lowest BCUT2D eigenvalue weighted by molar-refractivity contribution is -0.133. The molecule has 0 fully saturated rings. The van der Waals surface area contributed by atoms with Crippen LogP contribution in [0.1, 0.15) is 22.8 Å². The van der Waals surface area contributed by atoms with Crippen molar-refractivity contribution in [1.82, 2.24) is 10.2 Å². The molecule has 6 heteroatoms. The van der Waals surface area contributed by atoms with Crippen molar-refractivity contribution in [3.8, 4) is 0 Å². The van der Waals surface area contributed by atoms with Crippen LogP contribution in [0.4, 0.5) is 0 Å². The minimum Gasteiger partial charge on any atom is -0.478 e. The van der Waals surface area contributed by atoms with Gasteiger partial charge in [-0.05, 0) is 17.7 Å². The molecule has 0 saturated heterocycles. The van der Waals surface area contributed by atoms with E-state index in [2.05, 4.69) is 5.32 Å². The second-order valence-corrected chi connectivity index (χ2v) is 4.15. The second kappa shape index (κ2) is 6.53. The van der Waals surface area contributed by atoms with Gasteiger partial charge in [0.05, 0.1) is 12.1 Å². The number of amides is 2. The molecule has 19 heavy (non-hydrogen) atoms. The number of likely N-dealkylation sites (N-methyl/N-ethyl adjacent to an activating group) is 1. The SMILES string of the molecule is CC(=O)N(C)CC(=O)NCc1ccc(C(=O)O)cc1. The summed E-state index contributed by atoms with van der Waals surface area (Å²) in [7, 11) is 1.55. The molecule has 1 rings (SSSR count). The van der Waals surface area contributed by atoms with Crippen molar-refractivity contribution in [3.05, 3.63) is 35.4 Å². The molecule has 0 aromatic heterocycles. The van der Waals surface area contributed by atoms with Gasteiger partial charge in [0.2, 0.25) is 11.8 Å². The molecular formula is C13H16N2O4. The fourth-order valence-corrected chi connectivity index (χ4v) is 1.35. The summed E-state index contributed by atoms with van der Waals surface area (Å²) < 4.78 is 0. The van der Waals surface area contributed by atoms with Crippen LogP contribution in [0.25, 0.3) is 0 Å². The third kappa shape index (κ3) is 4.79. The molecule has 0 aliphatic rings. The number of carbonyl (C=O) groups is 3. The van der Waals surface area contributed by atoms with E-state index in [-0.39, 0.29) is 23.9 Å². The summed E-state index contributed by atoms with van der Waals surface area (Å²) in [6.45, 7) is 1.69. The van der Waals surface area contributed by atoms with E-state index in [0.717, 1.165) is 5.56 Å². The Kier molecular flexibility index (Phi) is 5.05. The van der Waals surface area contributed by atoms with Crippen molar-refractivity contribution < 1.29 is 19.5 Å². The topological polar surface area (TPSA) is 86.7 Å². The zero-order valence-corrected chi connectivity index (χ0v) is 10.8. The molecule has 1 aromatic carbocycles. The lowest BCUT2D eigenvalue weighted by Gasteiger charge is -2.14. The van der Waals surface area contributed by atoms with Gasteiger partial charge in [-0.3, -0.25) is 9.59 Å². The Bertz CT molecular complexity index is 482. The molecule has 0 aliphatic carbocycles. The van der Waals surface area contributed by atoms with Crippen molar-refractivity contribution in [2.45, 2.75) is 13.5 Å². The van der Waals surface area contributed by atoms with Crippen LogP contribution in [0.15, 0.2) is 24.3 Å². The van der Waals surface area contributed by atoms with Crippen molar-refractivity contribution in [2.75, 3.05) is 13.6 Å². The normalized spacial score (nSPS) is 9.79. The zero-order chi connectivity index (χ0) is 14.4. The molecule has 0 radical (unpaired) electrons. The molecule has 6 nitrogen and oxygen atoms in total. The van der Waals surface area contributed by atoms with Gasteiger partial charge in [0, 0.05) is 20.5 Å². The Balaban J connectivity index is 2.46. The Labute approximate surface area is 111 Å². The van der Waals surface area contributed by atoms with Crippen LogP contribution >= 0.6 is 0 Å². The van der Waals surface area contributed by atoms with Crippen molar-refractivity contribution in [1.29, 1.82) is 0 Å². The third-order valence-corrected chi connectivity index (χ3v) is 2.61. The minimum atomic E-state index is -0.987. The van der Waals surface area contributed by atoms with Gasteiger partial charge in [0.15, 0.2) is 0 Å². The molecule has 0 bridgehead atoms. The highest BCUT2D eigenvalue weighted by Crippen LogP contribution is 2.04. The number of rotatable bonds is 5. The smallest absolute Gasteiger partial charge is 0.335 e. The zero-order valence-electron chi connectivity index (χ0n) is 10.8. The first-order chi connectivity index (χ1) is 8.90. The van der Waals surface area contributed by atoms with Crippen LogP contribution in [0, 0.1) is 0 Å². The average Bonchev–Trinajstić information content (AvgIpc) is 2.36. The number of nitrogens with one attached hydrogen (secondary N) is 1. The first kappa shape index (κ1) is 14.7. The maximum Gasteiger partial charge on any atom is 0.335 e. The Morgan fingerprint density at radius 3 is 2.26 bits per heavy atom. The highest BCUT2D eigenvalue weighted by atomic mass is 16.4. The van der Waals surface area contributed by atoms with E-state index >= 15 is 0 Å². The van der Waals surface area contributed by atoms with E-state index in [1.807, 2.05) is 0 Å². The number of hydrogen-bond donors (Lipinski definition) is 2. The molecule has 0 aliphatic heterocycles. The van der Waals surface area contributed by atoms with Crippen molar-refractivity contribution in [3.63, 3.8) is 0 Å². The Morgan fingerprint density at radius 2 is 1.79 bits per heavy atom. The lowest BCUT2D eigenvalue weighted by atomic mass is 10.1. The van der Waals surface area contributed by atoms with E-state index in [1.54, 1.807) is 19.2 Å². The summed E-state index contributed by atoms with van der Waals surface area (Å²) in [5.74, 6) is -1.43. The molecule has 0 atom stereocenters. The third-order valence-electron chi connectivity index (χ3n) is 2.61. The van der Waals surface area contributed by atoms with E-state index < -0.39 is 5.97 Å². The van der Waals surface area contributed by atoms with Crippen molar-refractivity contribution >= 4 is 17.8 Å². The van der Waals surface area contributed by atoms with Crippen LogP contribution < -0.4 is 5.32 Å². The molecule has 0 heterocycles. The summed E-state index contributed by atoms with van der Waals surface area (Å²) >= 11 is 0. The first-order valence-corrected chi connectivity index (χ1v) is 5.71. The number of benzene rings is 1. The van der Waals surface area contributed by atoms with Crippen LogP contribution in [-0.2, 0) is 16.1 Å². The van der Waals surface area contributed by atoms with Gasteiger partial charge >= 0.3 is 5.97 Å². The van der Waals surface area contributed by atoms with Gasteiger partial charge in [-0.1, -0.05) is 12.1 Å². The molecule has 102 valence electrons. The van der Waals surface area contributed by atoms with Crippen LogP contribution in [0.3, 0.4) is 0 Å². The van der Waals surface area contributed by atoms with E-state index in [9.17, 15) is 14.4 Å². The summed E-state index contributed by atoms with van der Waals surface area (Å²) in [6.07, 6.45) is 0. The fourth-order valence-electron chi connectivity index (χ4n) is 1.35. The van der Waals surface area contributed by atoms with Crippen LogP contribution in [0.2, 0.25) is 0 Å². The predicted molar refractivity (Wildman–Crippen MR) is 68.6 cm³/mol. The molecule has 1 aromatic rings. The fraction of sp³-hybridized carbons (Fsp3) is 0.308. The van der Waals surface area contributed by atoms with E-state index in [1.165, 1.54) is 24.0 Å². The van der Waals surface area contributed by atoms with Crippen LogP contribution in [0.5, 0.6) is 0 Å². The minimum absolute atomic E-state index is 0.00252. The largest absolute Gasteiger partial charge is 0.478 e. The molecule has 0 saturated carbocycles. The summed E-state index contributed by atoms with van der Waals surface area (Å²) in [4.78, 5) is 34.4. The van der Waals surface area contributed by atoms with Crippen LogP contribution in [-0.4, -0.2) is 41.4 Å². The molecule has 0 spiro atoms. The number of carboxylic acid groups (broad SMARTS) is 1. The number of hydrogen-bond acceptors (Lipinski definition) is 3. The van der Waals surface area contributed by atoms with Gasteiger partial charge < -0.3 is 15.3 Å². The standard InChI is InChI=1S/C13H16N2O4/c1-9(16)15(2)8-12(17)14-7-10-3-5-11(6-4-10)13(18)19/h3-6H,7-8H2,1-2H3,(H,14,17)(H,18,19). The first-order valence-electron chi connectivity index (χ1n) is 5.71. The number of nitrogens with zero attached hydrogens (tertiary/aromatic N) is 1. The van der Waals surface area contributed by atoms with Gasteiger partial charge in [0.25, 0.3) is 0 Å². The maximum absolute atomic E-state index is 11.5. The Morgan fingerprint density at radius 1 is 1.21 bits per heavy atom. The average molecular weight is 264 g/mol. The molecule has 0 unspecified atom stereocenters. The number of carbonyl (C=O) groups excluding carboxylic acids is 2. The summed E-state index contributed by atoms with van der Waals surface area (Å²) in [6, 6.07) is 6.23. The monoisotopic (exact) mass is 264 g/mol. The van der Waals surface area contributed by atoms with Gasteiger partial charge in [-0.15, -0.1) is 0 Å². The molecular weight excluding hydrogens is 248 g/mol. The van der Waals surface area contributed by atoms with Crippen molar-refractivity contribution in [2.24, 2.45) is 0 Å². The lowest BCUT2D eigenvalue weighted by Crippen LogP contribution is -2.36. The van der Waals surface area contributed by atoms with Gasteiger partial charge in [-0.2, -0.15) is 0 Å². The highest BCUT2D eigenvalue weighted by molar-refractivity contribution is 5.87. The quantitative estimate of drug-likeness (QED) is 0.809. The van der Waals surface area contributed by atoms with E-state index in [0.29, 0.717) is 6.54 Å². The summed E-state index contributed by atoms with van der Waals surface area (Å²) in [5.41, 5.74) is 0.996.